The van der Waals surface area contributed by atoms with Crippen LogP contribution in [0.25, 0.3) is 0 Å². The number of hydrogen-bond acceptors (Lipinski definition) is 4. The van der Waals surface area contributed by atoms with E-state index in [-0.39, 0.29) is 17.9 Å². The second-order valence-electron chi connectivity index (χ2n) is 3.93. The van der Waals surface area contributed by atoms with Crippen LogP contribution in [0.15, 0.2) is 11.6 Å². The molecule has 0 radical (unpaired) electrons. The van der Waals surface area contributed by atoms with Crippen molar-refractivity contribution in [3.63, 3.8) is 0 Å². The van der Waals surface area contributed by atoms with Gasteiger partial charge in [-0.1, -0.05) is 6.08 Å². The summed E-state index contributed by atoms with van der Waals surface area (Å²) in [6, 6.07) is -0.193. The Kier molecular flexibility index (Phi) is 4.49. The predicted molar refractivity (Wildman–Crippen MR) is 59.6 cm³/mol. The second-order valence-corrected chi connectivity index (χ2v) is 3.93. The van der Waals surface area contributed by atoms with Gasteiger partial charge in [-0.3, -0.25) is 9.69 Å². The predicted octanol–water partition coefficient (Wildman–Crippen LogP) is 0.0554. The van der Waals surface area contributed by atoms with E-state index in [9.17, 15) is 9.59 Å². The Balaban J connectivity index is 2.54. The highest BCUT2D eigenvalue weighted by molar-refractivity contribution is 5.87. The van der Waals surface area contributed by atoms with Gasteiger partial charge in [-0.15, -0.1) is 0 Å². The average molecular weight is 226 g/mol. The molecule has 0 spiro atoms. The first-order chi connectivity index (χ1) is 7.56. The molecule has 0 saturated carbocycles. The van der Waals surface area contributed by atoms with Gasteiger partial charge >= 0.3 is 5.97 Å². The van der Waals surface area contributed by atoms with Crippen LogP contribution in [0.5, 0.6) is 0 Å². The molecule has 0 aromatic heterocycles. The summed E-state index contributed by atoms with van der Waals surface area (Å²) in [5.74, 6) is -0.628. The van der Waals surface area contributed by atoms with E-state index in [0.717, 1.165) is 19.4 Å². The second kappa shape index (κ2) is 5.65. The number of likely N-dealkylation sites (tertiary alicyclic amines) is 1. The number of amides is 1. The number of rotatable bonds is 4. The van der Waals surface area contributed by atoms with Gasteiger partial charge < -0.3 is 10.5 Å². The zero-order chi connectivity index (χ0) is 12.1. The van der Waals surface area contributed by atoms with Crippen LogP contribution in [0, 0.1) is 0 Å². The number of carbonyl (C=O) groups is 2. The van der Waals surface area contributed by atoms with Crippen molar-refractivity contribution in [2.45, 2.75) is 25.8 Å². The number of primary amides is 1. The van der Waals surface area contributed by atoms with Gasteiger partial charge in [-0.05, 0) is 26.3 Å². The van der Waals surface area contributed by atoms with Crippen LogP contribution in [-0.2, 0) is 14.3 Å². The van der Waals surface area contributed by atoms with Crippen molar-refractivity contribution in [1.29, 1.82) is 0 Å². The third kappa shape index (κ3) is 3.06. The van der Waals surface area contributed by atoms with Crippen molar-refractivity contribution in [2.24, 2.45) is 5.73 Å². The smallest absolute Gasteiger partial charge is 0.333 e. The third-order valence-corrected chi connectivity index (χ3v) is 2.83. The monoisotopic (exact) mass is 226 g/mol. The summed E-state index contributed by atoms with van der Waals surface area (Å²) in [5.41, 5.74) is 5.84. The van der Waals surface area contributed by atoms with Crippen LogP contribution in [0.4, 0.5) is 0 Å². The molecule has 0 aliphatic carbocycles. The van der Waals surface area contributed by atoms with E-state index in [1.54, 1.807) is 13.0 Å². The minimum Gasteiger partial charge on any atom is -0.466 e. The number of methoxy groups -OCH3 is 1. The molecule has 1 unspecified atom stereocenters. The van der Waals surface area contributed by atoms with Gasteiger partial charge in [0, 0.05) is 12.1 Å². The molecular weight excluding hydrogens is 208 g/mol. The largest absolute Gasteiger partial charge is 0.466 e. The summed E-state index contributed by atoms with van der Waals surface area (Å²) in [5, 5.41) is 0. The zero-order valence-corrected chi connectivity index (χ0v) is 9.73. The normalized spacial score (nSPS) is 22.1. The molecule has 5 nitrogen and oxygen atoms in total. The Labute approximate surface area is 95.2 Å². The first kappa shape index (κ1) is 12.7. The van der Waals surface area contributed by atoms with Crippen molar-refractivity contribution in [1.82, 2.24) is 4.90 Å². The fourth-order valence-corrected chi connectivity index (χ4v) is 1.87. The number of esters is 1. The van der Waals surface area contributed by atoms with Gasteiger partial charge in [0.1, 0.15) is 0 Å². The Hall–Kier alpha value is -1.36. The molecule has 1 rings (SSSR count). The van der Waals surface area contributed by atoms with Crippen LogP contribution in [-0.4, -0.2) is 43.0 Å². The fourth-order valence-electron chi connectivity index (χ4n) is 1.87. The minimum atomic E-state index is -0.338. The zero-order valence-electron chi connectivity index (χ0n) is 9.73. The molecule has 1 aliphatic heterocycles. The van der Waals surface area contributed by atoms with Crippen LogP contribution in [0.3, 0.4) is 0 Å². The minimum absolute atomic E-state index is 0.193. The van der Waals surface area contributed by atoms with Gasteiger partial charge in [0.25, 0.3) is 0 Å². The first-order valence-electron chi connectivity index (χ1n) is 5.34. The average Bonchev–Trinajstić information content (AvgIpc) is 2.72. The van der Waals surface area contributed by atoms with Gasteiger partial charge in [0.15, 0.2) is 0 Å². The maximum absolute atomic E-state index is 11.1. The van der Waals surface area contributed by atoms with Crippen molar-refractivity contribution in [3.8, 4) is 0 Å². The van der Waals surface area contributed by atoms with Gasteiger partial charge in [-0.25, -0.2) is 4.79 Å². The lowest BCUT2D eigenvalue weighted by atomic mass is 10.2. The lowest BCUT2D eigenvalue weighted by Crippen LogP contribution is -2.40. The highest BCUT2D eigenvalue weighted by Gasteiger charge is 2.27. The molecule has 1 atom stereocenters. The summed E-state index contributed by atoms with van der Waals surface area (Å²) < 4.78 is 4.58. The molecule has 1 amide bonds. The quantitative estimate of drug-likeness (QED) is 0.543. The molecule has 1 fully saturated rings. The Morgan fingerprint density at radius 3 is 2.81 bits per heavy atom. The molecule has 90 valence electrons. The van der Waals surface area contributed by atoms with Gasteiger partial charge in [-0.2, -0.15) is 0 Å². The number of hydrogen-bond donors (Lipinski definition) is 1. The maximum atomic E-state index is 11.1. The standard InChI is InChI=1S/C11H18N2O3/c1-8(11(15)16-2)5-7-13-6-3-4-9(13)10(12)14/h5,9H,3-4,6-7H2,1-2H3,(H2,12,14). The fraction of sp³-hybridized carbons (Fsp3) is 0.636. The maximum Gasteiger partial charge on any atom is 0.333 e. The van der Waals surface area contributed by atoms with Crippen LogP contribution in [0.2, 0.25) is 0 Å². The van der Waals surface area contributed by atoms with E-state index in [1.807, 2.05) is 4.90 Å². The number of ether oxygens (including phenoxy) is 1. The van der Waals surface area contributed by atoms with Gasteiger partial charge in [0.2, 0.25) is 5.91 Å². The lowest BCUT2D eigenvalue weighted by Gasteiger charge is -2.19. The summed E-state index contributed by atoms with van der Waals surface area (Å²) in [4.78, 5) is 24.2. The Bertz CT molecular complexity index is 312. The van der Waals surface area contributed by atoms with Crippen molar-refractivity contribution < 1.29 is 14.3 Å². The topological polar surface area (TPSA) is 72.6 Å². The molecule has 1 heterocycles. The van der Waals surface area contributed by atoms with Crippen molar-refractivity contribution in [2.75, 3.05) is 20.2 Å². The third-order valence-electron chi connectivity index (χ3n) is 2.83. The van der Waals surface area contributed by atoms with E-state index in [1.165, 1.54) is 7.11 Å². The summed E-state index contributed by atoms with van der Waals surface area (Å²) in [6.45, 7) is 3.11. The van der Waals surface area contributed by atoms with E-state index in [0.29, 0.717) is 12.1 Å². The van der Waals surface area contributed by atoms with E-state index >= 15 is 0 Å². The molecule has 0 aromatic rings. The first-order valence-corrected chi connectivity index (χ1v) is 5.34. The summed E-state index contributed by atoms with van der Waals surface area (Å²) >= 11 is 0. The van der Waals surface area contributed by atoms with Crippen LogP contribution < -0.4 is 5.73 Å². The molecule has 0 aromatic carbocycles. The highest BCUT2D eigenvalue weighted by Crippen LogP contribution is 2.16. The molecule has 2 N–H and O–H groups in total. The van der Waals surface area contributed by atoms with Crippen molar-refractivity contribution >= 4 is 11.9 Å². The van der Waals surface area contributed by atoms with E-state index in [4.69, 9.17) is 5.73 Å². The van der Waals surface area contributed by atoms with E-state index in [2.05, 4.69) is 4.74 Å². The molecule has 0 bridgehead atoms. The van der Waals surface area contributed by atoms with Crippen molar-refractivity contribution in [3.05, 3.63) is 11.6 Å². The Morgan fingerprint density at radius 1 is 1.56 bits per heavy atom. The highest BCUT2D eigenvalue weighted by atomic mass is 16.5. The van der Waals surface area contributed by atoms with Gasteiger partial charge in [0.05, 0.1) is 13.2 Å². The molecular formula is C11H18N2O3. The molecule has 16 heavy (non-hydrogen) atoms. The van der Waals surface area contributed by atoms with E-state index < -0.39 is 0 Å². The number of carbonyl (C=O) groups excluding carboxylic acids is 2. The number of nitrogens with zero attached hydrogens (tertiary/aromatic N) is 1. The lowest BCUT2D eigenvalue weighted by molar-refractivity contribution is -0.136. The molecule has 1 aliphatic rings. The molecule has 5 heteroatoms. The number of nitrogens with two attached hydrogens (primary N) is 1. The SMILES string of the molecule is COC(=O)C(C)=CCN1CCCC1C(N)=O. The summed E-state index contributed by atoms with van der Waals surface area (Å²) in [6.07, 6.45) is 3.55. The summed E-state index contributed by atoms with van der Waals surface area (Å²) in [7, 11) is 1.35. The van der Waals surface area contributed by atoms with Crippen LogP contribution in [0.1, 0.15) is 19.8 Å². The van der Waals surface area contributed by atoms with Crippen LogP contribution >= 0.6 is 0 Å². The molecule has 1 saturated heterocycles. The Morgan fingerprint density at radius 2 is 2.25 bits per heavy atom.